The van der Waals surface area contributed by atoms with Crippen LogP contribution in [0.25, 0.3) is 0 Å². The maximum atomic E-state index is 11.6. The summed E-state index contributed by atoms with van der Waals surface area (Å²) in [7, 11) is 0. The minimum atomic E-state index is -0.231. The summed E-state index contributed by atoms with van der Waals surface area (Å²) in [6.07, 6.45) is 5.61. The summed E-state index contributed by atoms with van der Waals surface area (Å²) in [6.45, 7) is 9.62. The second-order valence-electron chi connectivity index (χ2n) is 4.95. The minimum absolute atomic E-state index is 0.228. The lowest BCUT2D eigenvalue weighted by Crippen LogP contribution is -2.42. The molecule has 0 aliphatic heterocycles. The maximum absolute atomic E-state index is 11.6. The van der Waals surface area contributed by atoms with Gasteiger partial charge in [0.1, 0.15) is 5.60 Å². The predicted octanol–water partition coefficient (Wildman–Crippen LogP) is 3.46. The van der Waals surface area contributed by atoms with Crippen molar-refractivity contribution < 1.29 is 9.53 Å². The van der Waals surface area contributed by atoms with E-state index in [4.69, 9.17) is 4.74 Å². The van der Waals surface area contributed by atoms with E-state index < -0.39 is 0 Å². The summed E-state index contributed by atoms with van der Waals surface area (Å²) >= 11 is 0. The lowest BCUT2D eigenvalue weighted by molar-refractivity contribution is -0.164. The molecule has 0 atom stereocenters. The number of ether oxygens (including phenoxy) is 1. The largest absolute Gasteiger partial charge is 0.455 e. The molecule has 0 aromatic carbocycles. The summed E-state index contributed by atoms with van der Waals surface area (Å²) in [5.41, 5.74) is 0.273. The van der Waals surface area contributed by atoms with Gasteiger partial charge in [-0.15, -0.1) is 0 Å². The van der Waals surface area contributed by atoms with Crippen molar-refractivity contribution in [3.05, 3.63) is 12.2 Å². The molecular weight excluding hydrogens is 188 g/mol. The average molecular weight is 210 g/mol. The highest BCUT2D eigenvalue weighted by Crippen LogP contribution is 2.38. The van der Waals surface area contributed by atoms with E-state index in [2.05, 4.69) is 20.4 Å². The van der Waals surface area contributed by atoms with Crippen LogP contribution in [0.5, 0.6) is 0 Å². The molecule has 1 saturated carbocycles. The first-order valence-corrected chi connectivity index (χ1v) is 5.87. The summed E-state index contributed by atoms with van der Waals surface area (Å²) in [6, 6.07) is 0. The maximum Gasteiger partial charge on any atom is 0.333 e. The van der Waals surface area contributed by atoms with E-state index in [9.17, 15) is 4.79 Å². The molecule has 0 N–H and O–H groups in total. The smallest absolute Gasteiger partial charge is 0.333 e. The second kappa shape index (κ2) is 4.82. The predicted molar refractivity (Wildman–Crippen MR) is 61.6 cm³/mol. The Morgan fingerprint density at radius 3 is 2.20 bits per heavy atom. The molecule has 1 rings (SSSR count). The van der Waals surface area contributed by atoms with Crippen molar-refractivity contribution in [2.45, 2.75) is 58.5 Å². The van der Waals surface area contributed by atoms with Crippen LogP contribution in [0.4, 0.5) is 0 Å². The van der Waals surface area contributed by atoms with Crippen LogP contribution in [0.2, 0.25) is 0 Å². The zero-order valence-corrected chi connectivity index (χ0v) is 10.1. The van der Waals surface area contributed by atoms with Crippen LogP contribution in [0.15, 0.2) is 12.2 Å². The molecular formula is C13H22O2. The number of carbonyl (C=O) groups excluding carboxylic acids is 1. The van der Waals surface area contributed by atoms with Crippen LogP contribution >= 0.6 is 0 Å². The Hall–Kier alpha value is -0.790. The van der Waals surface area contributed by atoms with Crippen molar-refractivity contribution in [1.82, 2.24) is 0 Å². The molecule has 2 nitrogen and oxygen atoms in total. The van der Waals surface area contributed by atoms with Crippen LogP contribution in [-0.2, 0) is 9.53 Å². The molecule has 0 radical (unpaired) electrons. The quantitative estimate of drug-likeness (QED) is 0.526. The Morgan fingerprint density at radius 2 is 1.80 bits per heavy atom. The van der Waals surface area contributed by atoms with Gasteiger partial charge in [-0.1, -0.05) is 26.8 Å². The first kappa shape index (κ1) is 12.3. The summed E-state index contributed by atoms with van der Waals surface area (Å²) in [5.74, 6) is 0.159. The van der Waals surface area contributed by atoms with Gasteiger partial charge in [0.25, 0.3) is 0 Å². The van der Waals surface area contributed by atoms with E-state index in [0.717, 1.165) is 12.8 Å². The van der Waals surface area contributed by atoms with Gasteiger partial charge in [-0.2, -0.15) is 0 Å². The van der Waals surface area contributed by atoms with E-state index in [-0.39, 0.29) is 11.6 Å². The molecule has 0 aromatic rings. The molecule has 1 aliphatic rings. The normalized spacial score (nSPS) is 20.0. The Bertz CT molecular complexity index is 247. The van der Waals surface area contributed by atoms with Gasteiger partial charge in [-0.05, 0) is 38.5 Å². The van der Waals surface area contributed by atoms with Gasteiger partial charge in [0.05, 0.1) is 0 Å². The molecule has 0 unspecified atom stereocenters. The minimum Gasteiger partial charge on any atom is -0.455 e. The molecule has 1 aliphatic carbocycles. The highest BCUT2D eigenvalue weighted by molar-refractivity contribution is 5.87. The molecule has 0 heterocycles. The molecule has 0 saturated heterocycles. The lowest BCUT2D eigenvalue weighted by Gasteiger charge is -2.40. The fourth-order valence-electron chi connectivity index (χ4n) is 2.22. The van der Waals surface area contributed by atoms with Gasteiger partial charge >= 0.3 is 5.97 Å². The van der Waals surface area contributed by atoms with Crippen LogP contribution in [0, 0.1) is 5.92 Å². The van der Waals surface area contributed by atoms with Gasteiger partial charge in [-0.25, -0.2) is 4.79 Å². The van der Waals surface area contributed by atoms with Crippen molar-refractivity contribution in [2.24, 2.45) is 5.92 Å². The van der Waals surface area contributed by atoms with Crippen molar-refractivity contribution in [1.29, 1.82) is 0 Å². The highest BCUT2D eigenvalue weighted by Gasteiger charge is 2.38. The van der Waals surface area contributed by atoms with Crippen LogP contribution < -0.4 is 0 Å². The monoisotopic (exact) mass is 210 g/mol. The van der Waals surface area contributed by atoms with E-state index in [1.165, 1.54) is 19.3 Å². The summed E-state index contributed by atoms with van der Waals surface area (Å²) in [5, 5.41) is 0. The zero-order chi connectivity index (χ0) is 11.5. The fraction of sp³-hybridized carbons (Fsp3) is 0.769. The Kier molecular flexibility index (Phi) is 3.95. The van der Waals surface area contributed by atoms with E-state index >= 15 is 0 Å². The molecule has 86 valence electrons. The second-order valence-corrected chi connectivity index (χ2v) is 4.95. The third kappa shape index (κ3) is 2.83. The zero-order valence-electron chi connectivity index (χ0n) is 10.1. The summed E-state index contributed by atoms with van der Waals surface area (Å²) < 4.78 is 5.66. The third-order valence-corrected chi connectivity index (χ3v) is 3.40. The topological polar surface area (TPSA) is 26.3 Å². The first-order valence-electron chi connectivity index (χ1n) is 5.87. The fourth-order valence-corrected chi connectivity index (χ4v) is 2.22. The highest BCUT2D eigenvalue weighted by atomic mass is 16.6. The Labute approximate surface area is 92.7 Å². The molecule has 0 aromatic heterocycles. The van der Waals surface area contributed by atoms with Gasteiger partial charge in [0, 0.05) is 5.57 Å². The van der Waals surface area contributed by atoms with Gasteiger partial charge in [0.15, 0.2) is 0 Å². The molecule has 2 heteroatoms. The number of carbonyl (C=O) groups is 1. The Morgan fingerprint density at radius 1 is 1.27 bits per heavy atom. The van der Waals surface area contributed by atoms with E-state index in [0.29, 0.717) is 11.5 Å². The van der Waals surface area contributed by atoms with Crippen LogP contribution in [0.3, 0.4) is 0 Å². The van der Waals surface area contributed by atoms with Crippen LogP contribution in [0.1, 0.15) is 52.9 Å². The Balaban J connectivity index is 2.73. The molecule has 15 heavy (non-hydrogen) atoms. The average Bonchev–Trinajstić information content (AvgIpc) is 2.18. The van der Waals surface area contributed by atoms with Gasteiger partial charge < -0.3 is 4.74 Å². The van der Waals surface area contributed by atoms with Crippen molar-refractivity contribution >= 4 is 5.97 Å². The van der Waals surface area contributed by atoms with E-state index in [1.54, 1.807) is 6.92 Å². The van der Waals surface area contributed by atoms with Crippen molar-refractivity contribution in [2.75, 3.05) is 0 Å². The van der Waals surface area contributed by atoms with Crippen molar-refractivity contribution in [3.8, 4) is 0 Å². The summed E-state index contributed by atoms with van der Waals surface area (Å²) in [4.78, 5) is 11.6. The SMILES string of the molecule is C=C(C)C(=O)OC1(C(C)C)CCCCC1. The first-order chi connectivity index (χ1) is 6.98. The van der Waals surface area contributed by atoms with Crippen LogP contribution in [-0.4, -0.2) is 11.6 Å². The van der Waals surface area contributed by atoms with Gasteiger partial charge in [0.2, 0.25) is 0 Å². The molecule has 0 amide bonds. The van der Waals surface area contributed by atoms with E-state index in [1.807, 2.05) is 0 Å². The molecule has 1 fully saturated rings. The number of rotatable bonds is 3. The molecule has 0 spiro atoms. The number of hydrogen-bond donors (Lipinski definition) is 0. The standard InChI is InChI=1S/C13H22O2/c1-10(2)12(14)15-13(11(3)4)8-6-5-7-9-13/h11H,1,5-9H2,2-4H3. The third-order valence-electron chi connectivity index (χ3n) is 3.40. The number of esters is 1. The van der Waals surface area contributed by atoms with Gasteiger partial charge in [-0.3, -0.25) is 0 Å². The lowest BCUT2D eigenvalue weighted by atomic mass is 9.77. The van der Waals surface area contributed by atoms with Crippen molar-refractivity contribution in [3.63, 3.8) is 0 Å². The number of hydrogen-bond acceptors (Lipinski definition) is 2. The molecule has 0 bridgehead atoms.